The Morgan fingerprint density at radius 2 is 2.00 bits per heavy atom. The van der Waals surface area contributed by atoms with Crippen LogP contribution in [0.4, 0.5) is 13.2 Å². The third kappa shape index (κ3) is 3.29. The number of halogens is 3. The molecule has 54 valence electrons. The molecular weight excluding hydrogens is 153 g/mol. The van der Waals surface area contributed by atoms with Gasteiger partial charge in [0.05, 0.1) is 6.61 Å². The van der Waals surface area contributed by atoms with E-state index in [9.17, 15) is 13.2 Å². The summed E-state index contributed by atoms with van der Waals surface area (Å²) >= 11 is 3.84. The second-order valence-electron chi connectivity index (χ2n) is 1.22. The van der Waals surface area contributed by atoms with E-state index >= 15 is 0 Å². The zero-order chi connectivity index (χ0) is 7.49. The van der Waals surface area contributed by atoms with Crippen LogP contribution in [-0.4, -0.2) is 17.8 Å². The van der Waals surface area contributed by atoms with Gasteiger partial charge in [-0.3, -0.25) is 0 Å². The molecule has 0 heterocycles. The minimum Gasteiger partial charge on any atom is -0.480 e. The number of hydrogen-bond acceptors (Lipinski definition) is 2. The zero-order valence-corrected chi connectivity index (χ0v) is 5.47. The van der Waals surface area contributed by atoms with E-state index in [0.29, 0.717) is 0 Å². The van der Waals surface area contributed by atoms with Crippen LogP contribution in [0.2, 0.25) is 0 Å². The van der Waals surface area contributed by atoms with Crippen molar-refractivity contribution in [3.05, 3.63) is 0 Å². The van der Waals surface area contributed by atoms with Crippen molar-refractivity contribution in [3.63, 3.8) is 0 Å². The lowest BCUT2D eigenvalue weighted by molar-refractivity contribution is -0.0740. The van der Waals surface area contributed by atoms with Crippen molar-refractivity contribution in [1.29, 1.82) is 0 Å². The molecule has 0 rings (SSSR count). The SMILES string of the molecule is CCOC(=S)C(F)(F)F. The van der Waals surface area contributed by atoms with Gasteiger partial charge in [0, 0.05) is 0 Å². The van der Waals surface area contributed by atoms with Gasteiger partial charge in [-0.2, -0.15) is 13.2 Å². The van der Waals surface area contributed by atoms with Crippen LogP contribution in [0.5, 0.6) is 0 Å². The third-order valence-corrected chi connectivity index (χ3v) is 0.856. The molecule has 0 aliphatic heterocycles. The Hall–Kier alpha value is -0.320. The molecular formula is C4H5F3OS. The van der Waals surface area contributed by atoms with Crippen LogP contribution < -0.4 is 0 Å². The quantitative estimate of drug-likeness (QED) is 0.539. The number of rotatable bonds is 1. The Kier molecular flexibility index (Phi) is 2.90. The normalized spacial score (nSPS) is 11.1. The lowest BCUT2D eigenvalue weighted by Crippen LogP contribution is -2.23. The predicted molar refractivity (Wildman–Crippen MR) is 30.3 cm³/mol. The van der Waals surface area contributed by atoms with E-state index in [4.69, 9.17) is 0 Å². The summed E-state index contributed by atoms with van der Waals surface area (Å²) in [5.41, 5.74) is 0. The standard InChI is InChI=1S/C4H5F3OS/c1-2-8-3(9)4(5,6)7/h2H2,1H3. The van der Waals surface area contributed by atoms with Gasteiger partial charge in [0.25, 0.3) is 5.05 Å². The van der Waals surface area contributed by atoms with Crippen LogP contribution in [0.25, 0.3) is 0 Å². The first-order valence-electron chi connectivity index (χ1n) is 2.22. The van der Waals surface area contributed by atoms with E-state index in [0.717, 1.165) is 0 Å². The molecule has 0 radical (unpaired) electrons. The number of alkyl halides is 3. The predicted octanol–water partition coefficient (Wildman–Crippen LogP) is 1.91. The molecule has 0 aliphatic carbocycles. The molecule has 0 aromatic carbocycles. The summed E-state index contributed by atoms with van der Waals surface area (Å²) in [6.07, 6.45) is -4.48. The first kappa shape index (κ1) is 8.68. The second-order valence-corrected chi connectivity index (χ2v) is 1.59. The molecule has 0 amide bonds. The van der Waals surface area contributed by atoms with Crippen LogP contribution in [0.15, 0.2) is 0 Å². The van der Waals surface area contributed by atoms with E-state index < -0.39 is 11.2 Å². The minimum atomic E-state index is -4.48. The summed E-state index contributed by atoms with van der Waals surface area (Å²) in [7, 11) is 0. The van der Waals surface area contributed by atoms with E-state index in [1.54, 1.807) is 0 Å². The molecule has 0 unspecified atom stereocenters. The lowest BCUT2D eigenvalue weighted by Gasteiger charge is -2.06. The molecule has 1 nitrogen and oxygen atoms in total. The molecule has 0 aromatic rings. The zero-order valence-electron chi connectivity index (χ0n) is 4.66. The molecule has 9 heavy (non-hydrogen) atoms. The topological polar surface area (TPSA) is 9.23 Å². The fourth-order valence-electron chi connectivity index (χ4n) is 0.213. The Morgan fingerprint density at radius 1 is 1.56 bits per heavy atom. The van der Waals surface area contributed by atoms with Crippen molar-refractivity contribution in [3.8, 4) is 0 Å². The molecule has 0 saturated heterocycles. The Bertz CT molecular complexity index is 109. The first-order chi connectivity index (χ1) is 3.98. The highest BCUT2D eigenvalue weighted by Crippen LogP contribution is 2.17. The monoisotopic (exact) mass is 158 g/mol. The van der Waals surface area contributed by atoms with E-state index in [-0.39, 0.29) is 6.61 Å². The van der Waals surface area contributed by atoms with E-state index in [2.05, 4.69) is 17.0 Å². The van der Waals surface area contributed by atoms with Gasteiger partial charge in [-0.25, -0.2) is 0 Å². The molecule has 0 spiro atoms. The van der Waals surface area contributed by atoms with E-state index in [1.807, 2.05) is 0 Å². The highest BCUT2D eigenvalue weighted by atomic mass is 32.1. The van der Waals surface area contributed by atoms with E-state index in [1.165, 1.54) is 6.92 Å². The van der Waals surface area contributed by atoms with Gasteiger partial charge in [0.1, 0.15) is 0 Å². The van der Waals surface area contributed by atoms with Crippen molar-refractivity contribution in [2.24, 2.45) is 0 Å². The largest absolute Gasteiger partial charge is 0.480 e. The highest BCUT2D eigenvalue weighted by molar-refractivity contribution is 7.80. The maximum atomic E-state index is 11.4. The average molecular weight is 158 g/mol. The average Bonchev–Trinajstić information content (AvgIpc) is 1.64. The number of hydrogen-bond donors (Lipinski definition) is 0. The van der Waals surface area contributed by atoms with Gasteiger partial charge in [-0.1, -0.05) is 0 Å². The summed E-state index contributed by atoms with van der Waals surface area (Å²) in [6, 6.07) is 0. The van der Waals surface area contributed by atoms with Gasteiger partial charge in [-0.15, -0.1) is 0 Å². The summed E-state index contributed by atoms with van der Waals surface area (Å²) in [4.78, 5) is 0. The number of ether oxygens (including phenoxy) is 1. The van der Waals surface area contributed by atoms with Crippen molar-refractivity contribution < 1.29 is 17.9 Å². The van der Waals surface area contributed by atoms with Crippen LogP contribution in [0.3, 0.4) is 0 Å². The first-order valence-corrected chi connectivity index (χ1v) is 2.63. The molecule has 0 atom stereocenters. The maximum absolute atomic E-state index is 11.4. The van der Waals surface area contributed by atoms with Gasteiger partial charge >= 0.3 is 6.18 Å². The summed E-state index contributed by atoms with van der Waals surface area (Å²) in [5.74, 6) is 0. The van der Waals surface area contributed by atoms with Crippen LogP contribution >= 0.6 is 12.2 Å². The Balaban J connectivity index is 3.74. The van der Waals surface area contributed by atoms with Crippen LogP contribution in [0, 0.1) is 0 Å². The maximum Gasteiger partial charge on any atom is 0.460 e. The van der Waals surface area contributed by atoms with Crippen LogP contribution in [0.1, 0.15) is 6.92 Å². The third-order valence-electron chi connectivity index (χ3n) is 0.507. The highest BCUT2D eigenvalue weighted by Gasteiger charge is 2.35. The summed E-state index contributed by atoms with van der Waals surface area (Å²) < 4.78 is 38.1. The second kappa shape index (κ2) is 3.00. The smallest absolute Gasteiger partial charge is 0.460 e. The van der Waals surface area contributed by atoms with Crippen molar-refractivity contribution in [2.75, 3.05) is 6.61 Å². The Morgan fingerprint density at radius 3 is 2.11 bits per heavy atom. The van der Waals surface area contributed by atoms with Gasteiger partial charge < -0.3 is 4.74 Å². The fourth-order valence-corrected chi connectivity index (χ4v) is 0.331. The van der Waals surface area contributed by atoms with Gasteiger partial charge in [-0.05, 0) is 19.1 Å². The van der Waals surface area contributed by atoms with Crippen molar-refractivity contribution in [1.82, 2.24) is 0 Å². The van der Waals surface area contributed by atoms with Crippen molar-refractivity contribution >= 4 is 17.3 Å². The van der Waals surface area contributed by atoms with Crippen LogP contribution in [-0.2, 0) is 4.74 Å². The van der Waals surface area contributed by atoms with Gasteiger partial charge in [0.2, 0.25) is 0 Å². The molecule has 0 bridgehead atoms. The Labute approximate surface area is 55.8 Å². The lowest BCUT2D eigenvalue weighted by atomic mass is 10.7. The van der Waals surface area contributed by atoms with Crippen molar-refractivity contribution in [2.45, 2.75) is 13.1 Å². The van der Waals surface area contributed by atoms with Gasteiger partial charge in [0.15, 0.2) is 0 Å². The molecule has 0 N–H and O–H groups in total. The molecule has 0 aromatic heterocycles. The fraction of sp³-hybridized carbons (Fsp3) is 0.750. The molecule has 5 heteroatoms. The molecule has 0 saturated carbocycles. The minimum absolute atomic E-state index is 0.0433. The molecule has 0 aliphatic rings. The summed E-state index contributed by atoms with van der Waals surface area (Å²) in [5, 5.41) is -1.30. The summed E-state index contributed by atoms with van der Waals surface area (Å²) in [6.45, 7) is 1.40. The molecule has 0 fully saturated rings. The number of thiocarbonyl (C=S) groups is 1.